The van der Waals surface area contributed by atoms with Gasteiger partial charge >= 0.3 is 17.2 Å². The van der Waals surface area contributed by atoms with Gasteiger partial charge in [0.25, 0.3) is 0 Å². The Kier molecular flexibility index (Phi) is 6.56. The predicted molar refractivity (Wildman–Crippen MR) is 121 cm³/mol. The van der Waals surface area contributed by atoms with E-state index in [4.69, 9.17) is 5.73 Å². The number of rotatable bonds is 5. The first kappa shape index (κ1) is 25.6. The highest BCUT2D eigenvalue weighted by Crippen LogP contribution is 2.39. The number of fused-ring (bicyclic) bond motifs is 1. The van der Waals surface area contributed by atoms with Crippen molar-refractivity contribution < 1.29 is 31.4 Å². The highest BCUT2D eigenvalue weighted by atomic mass is 32.1. The molecule has 1 aliphatic rings. The van der Waals surface area contributed by atoms with Gasteiger partial charge in [0.1, 0.15) is 0 Å². The average Bonchev–Trinajstić information content (AvgIpc) is 3.35. The van der Waals surface area contributed by atoms with E-state index in [2.05, 4.69) is 10.2 Å². The Morgan fingerprint density at radius 1 is 1.11 bits per heavy atom. The molecule has 2 aromatic carbocycles. The zero-order chi connectivity index (χ0) is 26.4. The quantitative estimate of drug-likeness (QED) is 0.498. The van der Waals surface area contributed by atoms with E-state index in [9.17, 15) is 36.2 Å². The van der Waals surface area contributed by atoms with Gasteiger partial charge < -0.3 is 10.8 Å². The van der Waals surface area contributed by atoms with Crippen LogP contribution >= 0.6 is 11.3 Å². The third kappa shape index (κ3) is 5.07. The van der Waals surface area contributed by atoms with E-state index in [1.54, 1.807) is 19.1 Å². The number of nitrogens with two attached hydrogens (primary N) is 1. The zero-order valence-corrected chi connectivity index (χ0v) is 19.3. The fourth-order valence-electron chi connectivity index (χ4n) is 3.81. The van der Waals surface area contributed by atoms with Crippen LogP contribution in [0, 0.1) is 0 Å². The molecule has 0 saturated carbocycles. The van der Waals surface area contributed by atoms with E-state index in [1.807, 2.05) is 0 Å². The monoisotopic (exact) mass is 528 g/mol. The second-order valence-electron chi connectivity index (χ2n) is 8.25. The van der Waals surface area contributed by atoms with Crippen molar-refractivity contribution >= 4 is 23.1 Å². The topological polar surface area (TPSA) is 93.0 Å². The summed E-state index contributed by atoms with van der Waals surface area (Å²) >= 11 is 0.606. The van der Waals surface area contributed by atoms with E-state index in [0.717, 1.165) is 10.6 Å². The minimum absolute atomic E-state index is 0.0134. The molecule has 13 heteroatoms. The van der Waals surface area contributed by atoms with Crippen molar-refractivity contribution in [2.24, 2.45) is 15.9 Å². The fraction of sp³-hybridized carbons (Fsp3) is 0.261. The van der Waals surface area contributed by atoms with Crippen LogP contribution in [0.1, 0.15) is 34.1 Å². The average molecular weight is 528 g/mol. The SMILES string of the molecule is C[C@H](N)Cn1c(O)c(C(Cc2ccc(C(F)(F)F)cc2C(F)(F)F)=c2ccc3c(c2)C=NN=3)sc1=O. The van der Waals surface area contributed by atoms with Gasteiger partial charge in [0, 0.05) is 24.6 Å². The molecular weight excluding hydrogens is 510 g/mol. The van der Waals surface area contributed by atoms with E-state index >= 15 is 0 Å². The number of aromatic hydroxyl groups is 1. The van der Waals surface area contributed by atoms with Crippen molar-refractivity contribution in [2.45, 2.75) is 38.3 Å². The number of thiazole rings is 1. The Morgan fingerprint density at radius 3 is 2.47 bits per heavy atom. The van der Waals surface area contributed by atoms with Crippen molar-refractivity contribution in [3.05, 3.63) is 83.8 Å². The molecule has 0 spiro atoms. The number of aromatic nitrogens is 1. The minimum Gasteiger partial charge on any atom is -0.493 e. The first-order chi connectivity index (χ1) is 16.8. The van der Waals surface area contributed by atoms with E-state index < -0.39 is 52.3 Å². The van der Waals surface area contributed by atoms with Gasteiger partial charge in [-0.15, -0.1) is 0 Å². The molecule has 36 heavy (non-hydrogen) atoms. The van der Waals surface area contributed by atoms with Gasteiger partial charge in [0.2, 0.25) is 5.88 Å². The molecule has 0 amide bonds. The first-order valence-electron chi connectivity index (χ1n) is 10.5. The van der Waals surface area contributed by atoms with Crippen LogP contribution < -0.4 is 21.2 Å². The van der Waals surface area contributed by atoms with Crippen LogP contribution in [0.3, 0.4) is 0 Å². The van der Waals surface area contributed by atoms with Crippen LogP contribution in [0.2, 0.25) is 0 Å². The number of alkyl halides is 6. The molecule has 190 valence electrons. The summed E-state index contributed by atoms with van der Waals surface area (Å²) in [5.41, 5.74) is 3.06. The van der Waals surface area contributed by atoms with Gasteiger partial charge in [-0.3, -0.25) is 9.36 Å². The van der Waals surface area contributed by atoms with Crippen molar-refractivity contribution in [1.29, 1.82) is 0 Å². The number of nitrogens with zero attached hydrogens (tertiary/aromatic N) is 3. The highest BCUT2D eigenvalue weighted by Gasteiger charge is 2.38. The number of hydrogen-bond acceptors (Lipinski definition) is 6. The third-order valence-electron chi connectivity index (χ3n) is 5.46. The predicted octanol–water partition coefficient (Wildman–Crippen LogP) is 3.41. The molecule has 0 saturated heterocycles. The van der Waals surface area contributed by atoms with Gasteiger partial charge in [0.15, 0.2) is 0 Å². The highest BCUT2D eigenvalue weighted by molar-refractivity contribution is 7.10. The van der Waals surface area contributed by atoms with Crippen LogP contribution in [0.25, 0.3) is 5.57 Å². The van der Waals surface area contributed by atoms with Crippen molar-refractivity contribution in [1.82, 2.24) is 4.57 Å². The number of benzene rings is 2. The van der Waals surface area contributed by atoms with Crippen LogP contribution in [0.5, 0.6) is 5.88 Å². The molecule has 1 aliphatic heterocycles. The lowest BCUT2D eigenvalue weighted by Crippen LogP contribution is -2.26. The van der Waals surface area contributed by atoms with E-state index in [1.165, 1.54) is 12.3 Å². The fourth-order valence-corrected chi connectivity index (χ4v) is 4.77. The maximum absolute atomic E-state index is 13.8. The van der Waals surface area contributed by atoms with Gasteiger partial charge in [-0.05, 0) is 47.5 Å². The van der Waals surface area contributed by atoms with Crippen molar-refractivity contribution in [2.75, 3.05) is 0 Å². The molecule has 0 bridgehead atoms. The molecule has 0 fully saturated rings. The Hall–Kier alpha value is -3.45. The Morgan fingerprint density at radius 2 is 1.83 bits per heavy atom. The summed E-state index contributed by atoms with van der Waals surface area (Å²) in [7, 11) is 0. The normalized spacial score (nSPS) is 15.0. The summed E-state index contributed by atoms with van der Waals surface area (Å²) in [6, 6.07) is 5.54. The molecule has 6 nitrogen and oxygen atoms in total. The molecule has 4 rings (SSSR count). The second kappa shape index (κ2) is 9.21. The van der Waals surface area contributed by atoms with E-state index in [-0.39, 0.29) is 23.1 Å². The smallest absolute Gasteiger partial charge is 0.416 e. The van der Waals surface area contributed by atoms with Crippen molar-refractivity contribution in [3.8, 4) is 5.88 Å². The summed E-state index contributed by atoms with van der Waals surface area (Å²) in [6.07, 6.45) is -9.14. The summed E-state index contributed by atoms with van der Waals surface area (Å²) < 4.78 is 81.9. The molecule has 3 N–H and O–H groups in total. The number of halogens is 6. The van der Waals surface area contributed by atoms with Crippen molar-refractivity contribution in [3.63, 3.8) is 0 Å². The molecule has 3 aromatic rings. The molecule has 0 aliphatic carbocycles. The van der Waals surface area contributed by atoms with Gasteiger partial charge in [0.05, 0.1) is 27.6 Å². The lowest BCUT2D eigenvalue weighted by Gasteiger charge is -2.17. The summed E-state index contributed by atoms with van der Waals surface area (Å²) in [5.74, 6) is -0.489. The Bertz CT molecular complexity index is 1530. The summed E-state index contributed by atoms with van der Waals surface area (Å²) in [5, 5.41) is 19.3. The van der Waals surface area contributed by atoms with Gasteiger partial charge in [-0.25, -0.2) is 0 Å². The standard InChI is InChI=1S/C23H18F6N4O2S/c1-11(30)10-33-20(34)19(36-21(33)35)16(12-3-5-18-14(6-12)9-31-32-18)7-13-2-4-15(22(24,25)26)8-17(13)23(27,28)29/h2-6,8-9,11,34H,7,10,30H2,1H3/t11-/m0/s1. The van der Waals surface area contributed by atoms with Crippen LogP contribution in [-0.4, -0.2) is 21.9 Å². The van der Waals surface area contributed by atoms with Crippen LogP contribution in [-0.2, 0) is 25.3 Å². The first-order valence-corrected chi connectivity index (χ1v) is 11.3. The third-order valence-corrected chi connectivity index (χ3v) is 6.49. The largest absolute Gasteiger partial charge is 0.493 e. The summed E-state index contributed by atoms with van der Waals surface area (Å²) in [4.78, 5) is 12.0. The lowest BCUT2D eigenvalue weighted by atomic mass is 9.94. The minimum atomic E-state index is -5.08. The Labute approximate surface area is 203 Å². The van der Waals surface area contributed by atoms with Gasteiger partial charge in [-0.2, -0.15) is 36.5 Å². The second-order valence-corrected chi connectivity index (χ2v) is 9.21. The molecule has 1 aromatic heterocycles. The summed E-state index contributed by atoms with van der Waals surface area (Å²) in [6.45, 7) is 1.56. The zero-order valence-electron chi connectivity index (χ0n) is 18.5. The van der Waals surface area contributed by atoms with E-state index in [0.29, 0.717) is 33.5 Å². The van der Waals surface area contributed by atoms with Gasteiger partial charge in [-0.1, -0.05) is 23.5 Å². The maximum Gasteiger partial charge on any atom is 0.416 e. The van der Waals surface area contributed by atoms with Crippen LogP contribution in [0.4, 0.5) is 26.3 Å². The molecule has 1 atom stereocenters. The number of hydrogen-bond donors (Lipinski definition) is 2. The maximum atomic E-state index is 13.8. The molecule has 2 heterocycles. The lowest BCUT2D eigenvalue weighted by molar-refractivity contribution is -0.143. The Balaban J connectivity index is 1.97. The molecule has 0 radical (unpaired) electrons. The van der Waals surface area contributed by atoms with Crippen LogP contribution in [0.15, 0.2) is 51.4 Å². The molecular formula is C23H18F6N4O2S. The molecule has 0 unspecified atom stereocenters.